The fourth-order valence-corrected chi connectivity index (χ4v) is 5.15. The Morgan fingerprint density at radius 2 is 2.10 bits per heavy atom. The molecule has 5 rings (SSSR count). The number of amides is 1. The summed E-state index contributed by atoms with van der Waals surface area (Å²) in [6.45, 7) is 7.06. The van der Waals surface area contributed by atoms with E-state index in [0.717, 1.165) is 50.1 Å². The van der Waals surface area contributed by atoms with Crippen molar-refractivity contribution in [1.29, 1.82) is 0 Å². The Kier molecular flexibility index (Phi) is 4.43. The highest BCUT2D eigenvalue weighted by atomic mass is 16.2. The van der Waals surface area contributed by atoms with Crippen LogP contribution in [0, 0.1) is 0 Å². The summed E-state index contributed by atoms with van der Waals surface area (Å²) in [6.07, 6.45) is 6.82. The fourth-order valence-electron chi connectivity index (χ4n) is 5.15. The molecular weight excluding hydrogens is 360 g/mol. The normalized spacial score (nSPS) is 21.2. The van der Waals surface area contributed by atoms with Crippen molar-refractivity contribution in [2.75, 3.05) is 13.1 Å². The van der Waals surface area contributed by atoms with Crippen LogP contribution in [0.3, 0.4) is 0 Å². The molecule has 0 radical (unpaired) electrons. The first kappa shape index (κ1) is 18.4. The summed E-state index contributed by atoms with van der Waals surface area (Å²) in [5.41, 5.74) is 5.54. The van der Waals surface area contributed by atoms with E-state index < -0.39 is 0 Å². The minimum Gasteiger partial charge on any atom is -0.346 e. The average molecular weight is 389 g/mol. The molecule has 4 heterocycles. The number of H-pyrrole nitrogens is 1. The molecule has 29 heavy (non-hydrogen) atoms. The second-order valence-electron chi connectivity index (χ2n) is 9.01. The Balaban J connectivity index is 1.39. The summed E-state index contributed by atoms with van der Waals surface area (Å²) in [6, 6.07) is 10.5. The summed E-state index contributed by atoms with van der Waals surface area (Å²) < 4.78 is 0. The molecule has 0 spiro atoms. The molecule has 0 saturated carbocycles. The fraction of sp³-hybridized carbons (Fsp3) is 0.417. The van der Waals surface area contributed by atoms with Crippen molar-refractivity contribution in [3.63, 3.8) is 0 Å². The van der Waals surface area contributed by atoms with Gasteiger partial charge in [0, 0.05) is 42.0 Å². The number of hydrogen-bond donors (Lipinski definition) is 2. The van der Waals surface area contributed by atoms with Gasteiger partial charge in [-0.05, 0) is 86.5 Å². The minimum absolute atomic E-state index is 0.156. The Morgan fingerprint density at radius 3 is 2.97 bits per heavy atom. The Labute approximate surface area is 171 Å². The quantitative estimate of drug-likeness (QED) is 0.697. The zero-order chi connectivity index (χ0) is 20.0. The summed E-state index contributed by atoms with van der Waals surface area (Å²) in [5.74, 6) is 0.589. The van der Waals surface area contributed by atoms with Gasteiger partial charge in [0.15, 0.2) is 0 Å². The van der Waals surface area contributed by atoms with Gasteiger partial charge in [0.05, 0.1) is 0 Å². The standard InChI is InChI=1S/C24H28N4O/c1-24(2)14-18(20-6-10-26-22-21(20)7-11-27-22)8-12-28(24)23(29)17-4-3-16-5-9-25-15-19(16)13-17/h3-4,6-7,10-11,13,18,25H,5,8-9,12,14-15H2,1-2H3,(H,26,27). The van der Waals surface area contributed by atoms with Gasteiger partial charge in [-0.15, -0.1) is 0 Å². The average Bonchev–Trinajstić information content (AvgIpc) is 3.21. The van der Waals surface area contributed by atoms with Gasteiger partial charge < -0.3 is 15.2 Å². The van der Waals surface area contributed by atoms with Gasteiger partial charge in [0.2, 0.25) is 0 Å². The third kappa shape index (κ3) is 3.23. The first-order chi connectivity index (χ1) is 14.0. The summed E-state index contributed by atoms with van der Waals surface area (Å²) in [4.78, 5) is 23.1. The Hall–Kier alpha value is -2.66. The van der Waals surface area contributed by atoms with Gasteiger partial charge in [-0.2, -0.15) is 0 Å². The van der Waals surface area contributed by atoms with Crippen molar-refractivity contribution in [3.05, 3.63) is 65.0 Å². The predicted molar refractivity (Wildman–Crippen MR) is 115 cm³/mol. The lowest BCUT2D eigenvalue weighted by molar-refractivity contribution is 0.0395. The first-order valence-electron chi connectivity index (χ1n) is 10.6. The van der Waals surface area contributed by atoms with Gasteiger partial charge in [-0.25, -0.2) is 4.98 Å². The van der Waals surface area contributed by atoms with E-state index in [1.165, 1.54) is 22.1 Å². The van der Waals surface area contributed by atoms with Gasteiger partial charge in [-0.3, -0.25) is 4.79 Å². The zero-order valence-electron chi connectivity index (χ0n) is 17.2. The molecule has 1 aromatic carbocycles. The van der Waals surface area contributed by atoms with Crippen LogP contribution in [-0.2, 0) is 13.0 Å². The molecule has 1 fully saturated rings. The molecule has 2 N–H and O–H groups in total. The van der Waals surface area contributed by atoms with Crippen molar-refractivity contribution >= 4 is 16.9 Å². The van der Waals surface area contributed by atoms with Crippen LogP contribution in [0.5, 0.6) is 0 Å². The van der Waals surface area contributed by atoms with Gasteiger partial charge in [-0.1, -0.05) is 6.07 Å². The van der Waals surface area contributed by atoms with Crippen LogP contribution < -0.4 is 5.32 Å². The third-order valence-corrected chi connectivity index (χ3v) is 6.70. The number of piperidine rings is 1. The number of aromatic nitrogens is 2. The highest BCUT2D eigenvalue weighted by Crippen LogP contribution is 2.40. The number of hydrogen-bond acceptors (Lipinski definition) is 3. The number of nitrogens with one attached hydrogen (secondary N) is 2. The van der Waals surface area contributed by atoms with Gasteiger partial charge in [0.25, 0.3) is 5.91 Å². The van der Waals surface area contributed by atoms with Crippen molar-refractivity contribution < 1.29 is 4.79 Å². The summed E-state index contributed by atoms with van der Waals surface area (Å²) in [5, 5.41) is 4.61. The molecule has 2 aromatic heterocycles. The van der Waals surface area contributed by atoms with Crippen LogP contribution in [0.1, 0.15) is 59.7 Å². The van der Waals surface area contributed by atoms with Gasteiger partial charge >= 0.3 is 0 Å². The Morgan fingerprint density at radius 1 is 1.21 bits per heavy atom. The van der Waals surface area contributed by atoms with Crippen LogP contribution in [0.2, 0.25) is 0 Å². The van der Waals surface area contributed by atoms with E-state index in [4.69, 9.17) is 0 Å². The van der Waals surface area contributed by atoms with Crippen molar-refractivity contribution in [1.82, 2.24) is 20.2 Å². The van der Waals surface area contributed by atoms with E-state index in [2.05, 4.69) is 58.3 Å². The molecule has 1 atom stereocenters. The van der Waals surface area contributed by atoms with E-state index >= 15 is 0 Å². The van der Waals surface area contributed by atoms with Gasteiger partial charge in [0.1, 0.15) is 5.65 Å². The van der Waals surface area contributed by atoms with E-state index in [0.29, 0.717) is 5.92 Å². The molecule has 3 aromatic rings. The lowest BCUT2D eigenvalue weighted by Gasteiger charge is -2.46. The largest absolute Gasteiger partial charge is 0.346 e. The molecule has 1 amide bonds. The maximum absolute atomic E-state index is 13.4. The number of carbonyl (C=O) groups excluding carboxylic acids is 1. The highest BCUT2D eigenvalue weighted by Gasteiger charge is 2.39. The highest BCUT2D eigenvalue weighted by molar-refractivity contribution is 5.95. The summed E-state index contributed by atoms with van der Waals surface area (Å²) >= 11 is 0. The topological polar surface area (TPSA) is 61.0 Å². The minimum atomic E-state index is -0.194. The first-order valence-corrected chi connectivity index (χ1v) is 10.6. The van der Waals surface area contributed by atoms with Crippen molar-refractivity contribution in [3.8, 4) is 0 Å². The number of aromatic amines is 1. The zero-order valence-corrected chi connectivity index (χ0v) is 17.2. The number of pyridine rings is 1. The molecule has 2 aliphatic rings. The van der Waals surface area contributed by atoms with Crippen LogP contribution in [0.4, 0.5) is 0 Å². The molecule has 5 nitrogen and oxygen atoms in total. The molecule has 1 saturated heterocycles. The SMILES string of the molecule is CC1(C)CC(c2ccnc3[nH]ccc23)CCN1C(=O)c1ccc2c(c1)CNCC2. The summed E-state index contributed by atoms with van der Waals surface area (Å²) in [7, 11) is 0. The van der Waals surface area contributed by atoms with Crippen molar-refractivity contribution in [2.45, 2.75) is 51.1 Å². The molecule has 0 aliphatic carbocycles. The van der Waals surface area contributed by atoms with Crippen LogP contribution in [0.15, 0.2) is 42.7 Å². The third-order valence-electron chi connectivity index (χ3n) is 6.70. The predicted octanol–water partition coefficient (Wildman–Crippen LogP) is 4.01. The number of nitrogens with zero attached hydrogens (tertiary/aromatic N) is 2. The molecule has 5 heteroatoms. The maximum atomic E-state index is 13.4. The molecule has 1 unspecified atom stereocenters. The smallest absolute Gasteiger partial charge is 0.254 e. The number of carbonyl (C=O) groups is 1. The monoisotopic (exact) mass is 388 g/mol. The van der Waals surface area contributed by atoms with E-state index in [-0.39, 0.29) is 11.4 Å². The molecule has 0 bridgehead atoms. The Bertz CT molecular complexity index is 1070. The van der Waals surface area contributed by atoms with E-state index in [9.17, 15) is 4.79 Å². The molecular formula is C24H28N4O. The second-order valence-corrected chi connectivity index (χ2v) is 9.01. The number of fused-ring (bicyclic) bond motifs is 2. The van der Waals surface area contributed by atoms with E-state index in [1.54, 1.807) is 0 Å². The number of likely N-dealkylation sites (tertiary alicyclic amines) is 1. The van der Waals surface area contributed by atoms with Crippen LogP contribution in [-0.4, -0.2) is 39.4 Å². The second kappa shape index (κ2) is 6.99. The van der Waals surface area contributed by atoms with Crippen LogP contribution in [0.25, 0.3) is 11.0 Å². The van der Waals surface area contributed by atoms with Crippen LogP contribution >= 0.6 is 0 Å². The van der Waals surface area contributed by atoms with Crippen molar-refractivity contribution in [2.24, 2.45) is 0 Å². The molecule has 150 valence electrons. The number of rotatable bonds is 2. The maximum Gasteiger partial charge on any atom is 0.254 e. The lowest BCUT2D eigenvalue weighted by Crippen LogP contribution is -2.52. The molecule has 2 aliphatic heterocycles. The lowest BCUT2D eigenvalue weighted by atomic mass is 9.78. The number of benzene rings is 1. The van der Waals surface area contributed by atoms with E-state index in [1.807, 2.05) is 18.5 Å².